The average Bonchev–Trinajstić information content (AvgIpc) is 3.27. The van der Waals surface area contributed by atoms with E-state index in [2.05, 4.69) is 41.0 Å². The molecule has 7 nitrogen and oxygen atoms in total. The fourth-order valence-corrected chi connectivity index (χ4v) is 7.76. The van der Waals surface area contributed by atoms with Crippen LogP contribution in [0, 0.1) is 12.8 Å². The van der Waals surface area contributed by atoms with Gasteiger partial charge >= 0.3 is 12.1 Å². The fraction of sp³-hybridized carbons (Fsp3) is 0.562. The SMILES string of the molecule is Cc1ccccc1N(C(=O)O)C1CCN([C@@H]2C(C)N([C@@H](C(=O)O)C3CCCCC3)C[C@@H]2c2ccccc2)CC1. The monoisotopic (exact) mass is 533 g/mol. The fourth-order valence-electron chi connectivity index (χ4n) is 7.76. The van der Waals surface area contributed by atoms with Gasteiger partial charge < -0.3 is 10.2 Å². The predicted octanol–water partition coefficient (Wildman–Crippen LogP) is 5.83. The summed E-state index contributed by atoms with van der Waals surface area (Å²) in [4.78, 5) is 31.4. The van der Waals surface area contributed by atoms with Crippen molar-refractivity contribution in [2.24, 2.45) is 5.92 Å². The average molecular weight is 534 g/mol. The van der Waals surface area contributed by atoms with Crippen LogP contribution in [0.1, 0.15) is 68.9 Å². The number of likely N-dealkylation sites (tertiary alicyclic amines) is 2. The van der Waals surface area contributed by atoms with Crippen LogP contribution >= 0.6 is 0 Å². The third-order valence-electron chi connectivity index (χ3n) is 9.64. The quantitative estimate of drug-likeness (QED) is 0.466. The third kappa shape index (κ3) is 5.71. The van der Waals surface area contributed by atoms with Crippen LogP contribution in [0.3, 0.4) is 0 Å². The molecule has 2 aromatic rings. The van der Waals surface area contributed by atoms with Crippen molar-refractivity contribution in [1.82, 2.24) is 9.80 Å². The Morgan fingerprint density at radius 1 is 0.897 bits per heavy atom. The summed E-state index contributed by atoms with van der Waals surface area (Å²) in [6, 6.07) is 18.0. The number of rotatable bonds is 7. The van der Waals surface area contributed by atoms with Crippen molar-refractivity contribution >= 4 is 17.7 Å². The van der Waals surface area contributed by atoms with E-state index in [-0.39, 0.29) is 30.0 Å². The Bertz CT molecular complexity index is 1130. The summed E-state index contributed by atoms with van der Waals surface area (Å²) in [6.45, 7) is 6.52. The minimum atomic E-state index is -0.901. The second-order valence-corrected chi connectivity index (χ2v) is 11.8. The Morgan fingerprint density at radius 2 is 1.54 bits per heavy atom. The van der Waals surface area contributed by atoms with Gasteiger partial charge in [-0.1, -0.05) is 67.8 Å². The summed E-state index contributed by atoms with van der Waals surface area (Å²) in [5.41, 5.74) is 3.00. The maximum atomic E-state index is 12.7. The van der Waals surface area contributed by atoms with Crippen molar-refractivity contribution < 1.29 is 19.8 Å². The van der Waals surface area contributed by atoms with Crippen LogP contribution < -0.4 is 4.90 Å². The number of hydrogen-bond donors (Lipinski definition) is 2. The molecule has 1 aliphatic carbocycles. The van der Waals surface area contributed by atoms with Crippen LogP contribution in [0.15, 0.2) is 54.6 Å². The summed E-state index contributed by atoms with van der Waals surface area (Å²) >= 11 is 0. The van der Waals surface area contributed by atoms with E-state index in [4.69, 9.17) is 0 Å². The first-order valence-corrected chi connectivity index (χ1v) is 14.7. The van der Waals surface area contributed by atoms with E-state index < -0.39 is 18.1 Å². The molecule has 0 spiro atoms. The van der Waals surface area contributed by atoms with Gasteiger partial charge in [0.1, 0.15) is 6.04 Å². The molecule has 1 saturated carbocycles. The Balaban J connectivity index is 1.38. The number of carboxylic acids is 1. The molecule has 2 aromatic carbocycles. The lowest BCUT2D eigenvalue weighted by Gasteiger charge is -2.43. The van der Waals surface area contributed by atoms with E-state index in [0.29, 0.717) is 0 Å². The molecular weight excluding hydrogens is 490 g/mol. The maximum Gasteiger partial charge on any atom is 0.412 e. The van der Waals surface area contributed by atoms with Crippen LogP contribution in [0.4, 0.5) is 10.5 Å². The number of piperidine rings is 1. The summed E-state index contributed by atoms with van der Waals surface area (Å²) in [6.07, 6.45) is 6.06. The Morgan fingerprint density at radius 3 is 2.15 bits per heavy atom. The molecule has 0 bridgehead atoms. The number of aryl methyl sites for hydroxylation is 1. The van der Waals surface area contributed by atoms with Crippen LogP contribution in [0.25, 0.3) is 0 Å². The second-order valence-electron chi connectivity index (χ2n) is 11.8. The lowest BCUT2D eigenvalue weighted by Crippen LogP contribution is -2.55. The molecule has 1 amide bonds. The maximum absolute atomic E-state index is 12.7. The van der Waals surface area contributed by atoms with Gasteiger partial charge in [0.2, 0.25) is 0 Å². The van der Waals surface area contributed by atoms with Gasteiger partial charge in [0.25, 0.3) is 0 Å². The highest BCUT2D eigenvalue weighted by Crippen LogP contribution is 2.41. The van der Waals surface area contributed by atoms with E-state index in [0.717, 1.165) is 69.4 Å². The summed E-state index contributed by atoms with van der Waals surface area (Å²) in [5, 5.41) is 20.6. The Labute approximate surface area is 232 Å². The third-order valence-corrected chi connectivity index (χ3v) is 9.64. The zero-order valence-corrected chi connectivity index (χ0v) is 23.3. The molecule has 7 heteroatoms. The molecule has 210 valence electrons. The van der Waals surface area contributed by atoms with Crippen molar-refractivity contribution in [2.45, 2.75) is 88.9 Å². The standard InChI is InChI=1S/C32H43N3O4/c1-22-11-9-10-16-28(22)35(32(38)39)26-17-19-33(20-18-26)29-23(2)34(21-27(29)24-12-5-3-6-13-24)30(31(36)37)25-14-7-4-8-15-25/h3,5-6,9-13,16,23,25-27,29-30H,4,7-8,14-15,17-21H2,1-2H3,(H,36,37)(H,38,39)/t23?,27-,29-,30-/m1/s1. The van der Waals surface area contributed by atoms with E-state index in [1.165, 1.54) is 12.0 Å². The molecule has 0 radical (unpaired) electrons. The van der Waals surface area contributed by atoms with Crippen molar-refractivity contribution in [3.63, 3.8) is 0 Å². The zero-order chi connectivity index (χ0) is 27.5. The first-order chi connectivity index (χ1) is 18.9. The van der Waals surface area contributed by atoms with Gasteiger partial charge in [0.05, 0.1) is 5.69 Å². The molecule has 0 aromatic heterocycles. The van der Waals surface area contributed by atoms with Crippen LogP contribution in [-0.2, 0) is 4.79 Å². The van der Waals surface area contributed by atoms with Gasteiger partial charge in [-0.05, 0) is 62.6 Å². The molecule has 2 N–H and O–H groups in total. The van der Waals surface area contributed by atoms with Crippen molar-refractivity contribution in [3.05, 3.63) is 65.7 Å². The summed E-state index contributed by atoms with van der Waals surface area (Å²) < 4.78 is 0. The summed E-state index contributed by atoms with van der Waals surface area (Å²) in [7, 11) is 0. The van der Waals surface area contributed by atoms with Gasteiger partial charge in [-0.2, -0.15) is 0 Å². The minimum absolute atomic E-state index is 0.0724. The van der Waals surface area contributed by atoms with E-state index >= 15 is 0 Å². The zero-order valence-electron chi connectivity index (χ0n) is 23.3. The van der Waals surface area contributed by atoms with Crippen LogP contribution in [0.2, 0.25) is 0 Å². The number of aliphatic carboxylic acids is 1. The van der Waals surface area contributed by atoms with E-state index in [9.17, 15) is 19.8 Å². The van der Waals surface area contributed by atoms with Crippen LogP contribution in [0.5, 0.6) is 0 Å². The Hall–Kier alpha value is -2.90. The van der Waals surface area contributed by atoms with E-state index in [1.54, 1.807) is 4.90 Å². The smallest absolute Gasteiger partial charge is 0.412 e. The molecule has 2 aliphatic heterocycles. The molecule has 3 aliphatic rings. The van der Waals surface area contributed by atoms with Crippen molar-refractivity contribution in [2.75, 3.05) is 24.5 Å². The van der Waals surface area contributed by atoms with Crippen molar-refractivity contribution in [3.8, 4) is 0 Å². The number of anilines is 1. The van der Waals surface area contributed by atoms with Gasteiger partial charge in [0.15, 0.2) is 0 Å². The van der Waals surface area contributed by atoms with Gasteiger partial charge in [0, 0.05) is 43.7 Å². The molecular formula is C32H43N3O4. The Kier molecular flexibility index (Phi) is 8.57. The number of carbonyl (C=O) groups is 2. The molecule has 1 unspecified atom stereocenters. The first-order valence-electron chi connectivity index (χ1n) is 14.7. The first kappa shape index (κ1) is 27.7. The predicted molar refractivity (Wildman–Crippen MR) is 153 cm³/mol. The number of nitrogens with zero attached hydrogens (tertiary/aromatic N) is 3. The number of hydrogen-bond acceptors (Lipinski definition) is 4. The molecule has 5 rings (SSSR count). The van der Waals surface area contributed by atoms with E-state index in [1.807, 2.05) is 37.3 Å². The van der Waals surface area contributed by atoms with Crippen LogP contribution in [-0.4, -0.2) is 75.9 Å². The lowest BCUT2D eigenvalue weighted by atomic mass is 9.83. The highest BCUT2D eigenvalue weighted by Gasteiger charge is 2.49. The highest BCUT2D eigenvalue weighted by molar-refractivity contribution is 5.87. The lowest BCUT2D eigenvalue weighted by molar-refractivity contribution is -0.146. The van der Waals surface area contributed by atoms with Gasteiger partial charge in [-0.3, -0.25) is 19.5 Å². The summed E-state index contributed by atoms with van der Waals surface area (Å²) in [5.74, 6) is -0.261. The topological polar surface area (TPSA) is 84.3 Å². The molecule has 3 fully saturated rings. The minimum Gasteiger partial charge on any atom is -0.480 e. The molecule has 2 saturated heterocycles. The number of carboxylic acid groups (broad SMARTS) is 2. The molecule has 39 heavy (non-hydrogen) atoms. The number of para-hydroxylation sites is 1. The van der Waals surface area contributed by atoms with Gasteiger partial charge in [-0.25, -0.2) is 4.79 Å². The molecule has 4 atom stereocenters. The number of amides is 1. The van der Waals surface area contributed by atoms with Crippen molar-refractivity contribution in [1.29, 1.82) is 0 Å². The second kappa shape index (κ2) is 12.1. The highest BCUT2D eigenvalue weighted by atomic mass is 16.4. The largest absolute Gasteiger partial charge is 0.480 e. The normalized spacial score (nSPS) is 26.4. The molecule has 2 heterocycles. The number of benzene rings is 2. The van der Waals surface area contributed by atoms with Gasteiger partial charge in [-0.15, -0.1) is 0 Å².